The third kappa shape index (κ3) is 4.62. The largest absolute Gasteiger partial charge is 0.455 e. The van der Waals surface area contributed by atoms with Gasteiger partial charge in [-0.1, -0.05) is 36.4 Å². The van der Waals surface area contributed by atoms with Crippen LogP contribution in [0.3, 0.4) is 0 Å². The van der Waals surface area contributed by atoms with Gasteiger partial charge in [-0.2, -0.15) is 5.26 Å². The quantitative estimate of drug-likeness (QED) is 0.695. The standard InChI is InChI=1S/C21H17N3O2/c22-14-16-7-6-8-17(13-16)24-21(25)15-23-19-11-4-5-12-20(19)26-18-9-2-1-3-10-18/h1-13,23H,15H2,(H,24,25). The second kappa shape index (κ2) is 8.36. The van der Waals surface area contributed by atoms with Crippen molar-refractivity contribution in [3.63, 3.8) is 0 Å². The number of para-hydroxylation sites is 3. The second-order valence-corrected chi connectivity index (χ2v) is 5.51. The number of nitriles is 1. The first kappa shape index (κ1) is 17.1. The van der Waals surface area contributed by atoms with E-state index in [1.807, 2.05) is 60.7 Å². The van der Waals surface area contributed by atoms with E-state index in [4.69, 9.17) is 10.00 Å². The van der Waals surface area contributed by atoms with Crippen LogP contribution in [-0.2, 0) is 4.79 Å². The van der Waals surface area contributed by atoms with Gasteiger partial charge in [-0.05, 0) is 42.5 Å². The van der Waals surface area contributed by atoms with Crippen molar-refractivity contribution in [3.05, 3.63) is 84.4 Å². The first-order valence-corrected chi connectivity index (χ1v) is 8.10. The Morgan fingerprint density at radius 3 is 2.54 bits per heavy atom. The van der Waals surface area contributed by atoms with E-state index < -0.39 is 0 Å². The molecule has 0 saturated carbocycles. The van der Waals surface area contributed by atoms with E-state index >= 15 is 0 Å². The highest BCUT2D eigenvalue weighted by Gasteiger charge is 2.07. The van der Waals surface area contributed by atoms with Crippen molar-refractivity contribution < 1.29 is 9.53 Å². The van der Waals surface area contributed by atoms with Gasteiger partial charge in [-0.3, -0.25) is 4.79 Å². The number of hydrogen-bond donors (Lipinski definition) is 2. The number of amides is 1. The number of rotatable bonds is 6. The van der Waals surface area contributed by atoms with Crippen LogP contribution >= 0.6 is 0 Å². The zero-order chi connectivity index (χ0) is 18.2. The summed E-state index contributed by atoms with van der Waals surface area (Å²) in [6, 6.07) is 25.7. The van der Waals surface area contributed by atoms with Crippen LogP contribution < -0.4 is 15.4 Å². The van der Waals surface area contributed by atoms with Gasteiger partial charge >= 0.3 is 0 Å². The Kier molecular flexibility index (Phi) is 5.48. The molecule has 0 fully saturated rings. The molecule has 0 spiro atoms. The fourth-order valence-electron chi connectivity index (χ4n) is 2.36. The molecule has 0 aromatic heterocycles. The van der Waals surface area contributed by atoms with Crippen LogP contribution in [0, 0.1) is 11.3 Å². The molecule has 0 unspecified atom stereocenters. The van der Waals surface area contributed by atoms with Crippen molar-refractivity contribution in [3.8, 4) is 17.6 Å². The summed E-state index contributed by atoms with van der Waals surface area (Å²) in [6.07, 6.45) is 0. The van der Waals surface area contributed by atoms with Gasteiger partial charge in [0.15, 0.2) is 5.75 Å². The van der Waals surface area contributed by atoms with Gasteiger partial charge in [-0.25, -0.2) is 0 Å². The molecule has 1 amide bonds. The van der Waals surface area contributed by atoms with Gasteiger partial charge in [0.1, 0.15) is 5.75 Å². The summed E-state index contributed by atoms with van der Waals surface area (Å²) >= 11 is 0. The number of carbonyl (C=O) groups is 1. The van der Waals surface area contributed by atoms with Crippen molar-refractivity contribution in [2.75, 3.05) is 17.2 Å². The van der Waals surface area contributed by atoms with Crippen LogP contribution in [-0.4, -0.2) is 12.5 Å². The van der Waals surface area contributed by atoms with E-state index in [0.717, 1.165) is 11.4 Å². The topological polar surface area (TPSA) is 74.2 Å². The third-order valence-corrected chi connectivity index (χ3v) is 3.57. The monoisotopic (exact) mass is 343 g/mol. The van der Waals surface area contributed by atoms with Crippen molar-refractivity contribution in [2.45, 2.75) is 0 Å². The predicted molar refractivity (Wildman–Crippen MR) is 101 cm³/mol. The highest BCUT2D eigenvalue weighted by atomic mass is 16.5. The number of nitrogens with zero attached hydrogens (tertiary/aromatic N) is 1. The maximum absolute atomic E-state index is 12.2. The summed E-state index contributed by atoms with van der Waals surface area (Å²) in [7, 11) is 0. The molecule has 0 bridgehead atoms. The van der Waals surface area contributed by atoms with Crippen LogP contribution in [0.2, 0.25) is 0 Å². The lowest BCUT2D eigenvalue weighted by Crippen LogP contribution is -2.21. The highest BCUT2D eigenvalue weighted by molar-refractivity contribution is 5.94. The number of nitrogens with one attached hydrogen (secondary N) is 2. The maximum Gasteiger partial charge on any atom is 0.243 e. The molecule has 128 valence electrons. The zero-order valence-electron chi connectivity index (χ0n) is 14.0. The maximum atomic E-state index is 12.2. The molecule has 0 radical (unpaired) electrons. The average Bonchev–Trinajstić information content (AvgIpc) is 2.68. The molecule has 5 heteroatoms. The number of carbonyl (C=O) groups excluding carboxylic acids is 1. The van der Waals surface area contributed by atoms with Crippen molar-refractivity contribution in [2.24, 2.45) is 0 Å². The zero-order valence-corrected chi connectivity index (χ0v) is 14.0. The molecule has 3 aromatic rings. The fourth-order valence-corrected chi connectivity index (χ4v) is 2.36. The summed E-state index contributed by atoms with van der Waals surface area (Å²) in [5.41, 5.74) is 1.80. The second-order valence-electron chi connectivity index (χ2n) is 5.51. The van der Waals surface area contributed by atoms with E-state index in [2.05, 4.69) is 10.6 Å². The molecule has 0 aliphatic heterocycles. The Morgan fingerprint density at radius 1 is 0.962 bits per heavy atom. The molecular weight excluding hydrogens is 326 g/mol. The summed E-state index contributed by atoms with van der Waals surface area (Å²) in [6.45, 7) is 0.0753. The normalized spacial score (nSPS) is 9.81. The van der Waals surface area contributed by atoms with Crippen LogP contribution in [0.5, 0.6) is 11.5 Å². The van der Waals surface area contributed by atoms with Gasteiger partial charge in [0.05, 0.1) is 23.9 Å². The SMILES string of the molecule is N#Cc1cccc(NC(=O)CNc2ccccc2Oc2ccccc2)c1. The van der Waals surface area contributed by atoms with Gasteiger partial charge < -0.3 is 15.4 Å². The molecular formula is C21H17N3O2. The summed E-state index contributed by atoms with van der Waals surface area (Å²) < 4.78 is 5.86. The van der Waals surface area contributed by atoms with E-state index in [1.54, 1.807) is 24.3 Å². The molecule has 26 heavy (non-hydrogen) atoms. The van der Waals surface area contributed by atoms with Crippen LogP contribution in [0.15, 0.2) is 78.9 Å². The van der Waals surface area contributed by atoms with Crippen molar-refractivity contribution in [1.29, 1.82) is 5.26 Å². The van der Waals surface area contributed by atoms with Crippen LogP contribution in [0.1, 0.15) is 5.56 Å². The lowest BCUT2D eigenvalue weighted by molar-refractivity contribution is -0.114. The van der Waals surface area contributed by atoms with Crippen molar-refractivity contribution >= 4 is 17.3 Å². The Balaban J connectivity index is 1.62. The smallest absolute Gasteiger partial charge is 0.243 e. The van der Waals surface area contributed by atoms with Gasteiger partial charge in [0.2, 0.25) is 5.91 Å². The minimum Gasteiger partial charge on any atom is -0.455 e. The first-order chi connectivity index (χ1) is 12.7. The number of benzene rings is 3. The van der Waals surface area contributed by atoms with Crippen LogP contribution in [0.25, 0.3) is 0 Å². The Morgan fingerprint density at radius 2 is 1.73 bits per heavy atom. The molecule has 0 aliphatic rings. The number of anilines is 2. The molecule has 0 saturated heterocycles. The number of hydrogen-bond acceptors (Lipinski definition) is 4. The summed E-state index contributed by atoms with van der Waals surface area (Å²) in [5.74, 6) is 1.15. The Bertz CT molecular complexity index is 933. The molecule has 3 aromatic carbocycles. The van der Waals surface area contributed by atoms with E-state index in [0.29, 0.717) is 17.0 Å². The van der Waals surface area contributed by atoms with Gasteiger partial charge in [-0.15, -0.1) is 0 Å². The van der Waals surface area contributed by atoms with Crippen molar-refractivity contribution in [1.82, 2.24) is 0 Å². The molecule has 5 nitrogen and oxygen atoms in total. The minimum atomic E-state index is -0.213. The molecule has 3 rings (SSSR count). The first-order valence-electron chi connectivity index (χ1n) is 8.10. The fraction of sp³-hybridized carbons (Fsp3) is 0.0476. The predicted octanol–water partition coefficient (Wildman–Crippen LogP) is 4.40. The lowest BCUT2D eigenvalue weighted by atomic mass is 10.2. The van der Waals surface area contributed by atoms with Gasteiger partial charge in [0.25, 0.3) is 0 Å². The van der Waals surface area contributed by atoms with Crippen LogP contribution in [0.4, 0.5) is 11.4 Å². The Labute approximate surface area is 151 Å². The number of ether oxygens (including phenoxy) is 1. The Hall–Kier alpha value is -3.78. The summed E-state index contributed by atoms with van der Waals surface area (Å²) in [4.78, 5) is 12.2. The van der Waals surface area contributed by atoms with E-state index in [9.17, 15) is 4.79 Å². The summed E-state index contributed by atoms with van der Waals surface area (Å²) in [5, 5.41) is 14.8. The van der Waals surface area contributed by atoms with E-state index in [1.165, 1.54) is 0 Å². The molecule has 0 heterocycles. The minimum absolute atomic E-state index is 0.0753. The average molecular weight is 343 g/mol. The van der Waals surface area contributed by atoms with E-state index in [-0.39, 0.29) is 12.5 Å². The lowest BCUT2D eigenvalue weighted by Gasteiger charge is -2.13. The third-order valence-electron chi connectivity index (χ3n) is 3.57. The molecule has 2 N–H and O–H groups in total. The van der Waals surface area contributed by atoms with Gasteiger partial charge in [0, 0.05) is 5.69 Å². The highest BCUT2D eigenvalue weighted by Crippen LogP contribution is 2.28. The molecule has 0 atom stereocenters. The molecule has 0 aliphatic carbocycles.